The van der Waals surface area contributed by atoms with Crippen LogP contribution in [0.2, 0.25) is 0 Å². The first-order valence-corrected chi connectivity index (χ1v) is 6.30. The van der Waals surface area contributed by atoms with E-state index in [9.17, 15) is 9.59 Å². The Bertz CT molecular complexity index is 709. The Morgan fingerprint density at radius 1 is 1.00 bits per heavy atom. The summed E-state index contributed by atoms with van der Waals surface area (Å²) in [5.74, 6) is -0.827. The van der Waals surface area contributed by atoms with Crippen molar-refractivity contribution >= 4 is 23.5 Å². The minimum Gasteiger partial charge on any atom is -0.292 e. The van der Waals surface area contributed by atoms with Gasteiger partial charge in [0.05, 0.1) is 5.92 Å². The van der Waals surface area contributed by atoms with E-state index in [1.165, 1.54) is 0 Å². The predicted octanol–water partition coefficient (Wildman–Crippen LogP) is 1.93. The van der Waals surface area contributed by atoms with Crippen molar-refractivity contribution in [1.82, 2.24) is 5.32 Å². The fourth-order valence-corrected chi connectivity index (χ4v) is 3.15. The van der Waals surface area contributed by atoms with Gasteiger partial charge in [0.15, 0.2) is 0 Å². The van der Waals surface area contributed by atoms with E-state index in [1.807, 2.05) is 30.4 Å². The maximum Gasteiger partial charge on any atom is 0.254 e. The molecule has 0 spiro atoms. The Morgan fingerprint density at radius 3 is 2.68 bits per heavy atom. The number of carbonyl (C=O) groups excluding carboxylic acids is 2. The topological polar surface area (TPSA) is 46.2 Å². The first-order chi connectivity index (χ1) is 9.25. The van der Waals surface area contributed by atoms with Gasteiger partial charge in [0.2, 0.25) is 5.91 Å². The molecule has 3 aliphatic rings. The molecule has 1 N–H and O–H groups in total. The lowest BCUT2D eigenvalue weighted by atomic mass is 9.72. The Balaban J connectivity index is 1.92. The fourth-order valence-electron chi connectivity index (χ4n) is 3.15. The molecule has 0 saturated carbocycles. The van der Waals surface area contributed by atoms with Crippen LogP contribution in [0.4, 0.5) is 0 Å². The van der Waals surface area contributed by atoms with Crippen molar-refractivity contribution in [3.63, 3.8) is 0 Å². The lowest BCUT2D eigenvalue weighted by Gasteiger charge is -2.29. The highest BCUT2D eigenvalue weighted by atomic mass is 16.2. The van der Waals surface area contributed by atoms with Gasteiger partial charge in [-0.1, -0.05) is 48.6 Å². The van der Waals surface area contributed by atoms with E-state index < -0.39 is 0 Å². The maximum absolute atomic E-state index is 12.0. The van der Waals surface area contributed by atoms with Crippen LogP contribution in [-0.4, -0.2) is 11.8 Å². The molecule has 1 aromatic carbocycles. The Kier molecular flexibility index (Phi) is 1.96. The summed E-state index contributed by atoms with van der Waals surface area (Å²) in [6.07, 6.45) is 7.82. The van der Waals surface area contributed by atoms with Gasteiger partial charge < -0.3 is 0 Å². The second-order valence-corrected chi connectivity index (χ2v) is 5.01. The van der Waals surface area contributed by atoms with Crippen LogP contribution in [0, 0.1) is 11.8 Å². The van der Waals surface area contributed by atoms with Crippen molar-refractivity contribution in [2.75, 3.05) is 0 Å². The highest BCUT2D eigenvalue weighted by Crippen LogP contribution is 2.44. The van der Waals surface area contributed by atoms with E-state index >= 15 is 0 Å². The summed E-state index contributed by atoms with van der Waals surface area (Å²) in [6, 6.07) is 8.11. The zero-order valence-electron chi connectivity index (χ0n) is 10.1. The molecule has 2 atom stereocenters. The van der Waals surface area contributed by atoms with Crippen molar-refractivity contribution in [2.24, 2.45) is 11.8 Å². The molecule has 0 radical (unpaired) electrons. The summed E-state index contributed by atoms with van der Waals surface area (Å²) >= 11 is 0. The Morgan fingerprint density at radius 2 is 1.79 bits per heavy atom. The van der Waals surface area contributed by atoms with Crippen molar-refractivity contribution in [3.05, 3.63) is 59.2 Å². The number of imide groups is 1. The highest BCUT2D eigenvalue weighted by molar-refractivity contribution is 6.16. The molecule has 92 valence electrons. The fraction of sp³-hybridized carbons (Fsp3) is 0.125. The van der Waals surface area contributed by atoms with Crippen LogP contribution >= 0.6 is 0 Å². The average molecular weight is 249 g/mol. The third-order valence-corrected chi connectivity index (χ3v) is 4.03. The Hall–Kier alpha value is -2.42. The normalized spacial score (nSPS) is 26.9. The molecule has 4 rings (SSSR count). The minimum atomic E-state index is -0.364. The lowest BCUT2D eigenvalue weighted by molar-refractivity contribution is -0.125. The summed E-state index contributed by atoms with van der Waals surface area (Å²) in [4.78, 5) is 23.6. The van der Waals surface area contributed by atoms with Crippen LogP contribution in [0.1, 0.15) is 11.1 Å². The molecular weight excluding hydrogens is 238 g/mol. The number of amides is 2. The SMILES string of the molecule is O=C1NC(=O)C2C1=CC=C1c3ccccc3C=CC12. The first-order valence-electron chi connectivity index (χ1n) is 6.30. The van der Waals surface area contributed by atoms with Gasteiger partial charge in [-0.2, -0.15) is 0 Å². The molecule has 1 fully saturated rings. The van der Waals surface area contributed by atoms with Crippen molar-refractivity contribution in [2.45, 2.75) is 0 Å². The molecule has 3 heteroatoms. The van der Waals surface area contributed by atoms with Gasteiger partial charge in [0.1, 0.15) is 0 Å². The van der Waals surface area contributed by atoms with E-state index in [-0.39, 0.29) is 23.7 Å². The molecule has 1 saturated heterocycles. The second-order valence-electron chi connectivity index (χ2n) is 5.01. The molecule has 0 bridgehead atoms. The standard InChI is InChI=1S/C16H11NO2/c18-15-13-8-7-11-10-4-2-1-3-9(10)5-6-12(11)14(13)16(19)17-15/h1-8,12,14H,(H,17,18,19). The lowest BCUT2D eigenvalue weighted by Crippen LogP contribution is -2.27. The van der Waals surface area contributed by atoms with Crippen molar-refractivity contribution in [1.29, 1.82) is 0 Å². The number of hydrogen-bond acceptors (Lipinski definition) is 2. The number of allylic oxidation sites excluding steroid dienone is 4. The van der Waals surface area contributed by atoms with Gasteiger partial charge in [-0.3, -0.25) is 14.9 Å². The van der Waals surface area contributed by atoms with E-state index in [0.717, 1.165) is 16.7 Å². The molecule has 1 aromatic rings. The van der Waals surface area contributed by atoms with Gasteiger partial charge in [-0.05, 0) is 16.7 Å². The number of benzene rings is 1. The van der Waals surface area contributed by atoms with Gasteiger partial charge in [0, 0.05) is 11.5 Å². The number of rotatable bonds is 0. The molecule has 19 heavy (non-hydrogen) atoms. The van der Waals surface area contributed by atoms with Crippen molar-refractivity contribution < 1.29 is 9.59 Å². The van der Waals surface area contributed by atoms with Crippen LogP contribution in [-0.2, 0) is 9.59 Å². The van der Waals surface area contributed by atoms with Gasteiger partial charge in [-0.25, -0.2) is 0 Å². The van der Waals surface area contributed by atoms with Gasteiger partial charge in [-0.15, -0.1) is 0 Å². The van der Waals surface area contributed by atoms with Gasteiger partial charge >= 0.3 is 0 Å². The molecular formula is C16H11NO2. The summed E-state index contributed by atoms with van der Waals surface area (Å²) in [5.41, 5.74) is 4.02. The average Bonchev–Trinajstić information content (AvgIpc) is 2.74. The summed E-state index contributed by atoms with van der Waals surface area (Å²) < 4.78 is 0. The van der Waals surface area contributed by atoms with Crippen LogP contribution in [0.3, 0.4) is 0 Å². The second kappa shape index (κ2) is 3.54. The smallest absolute Gasteiger partial charge is 0.254 e. The molecule has 1 aliphatic heterocycles. The summed E-state index contributed by atoms with van der Waals surface area (Å²) in [7, 11) is 0. The summed E-state index contributed by atoms with van der Waals surface area (Å²) in [5, 5.41) is 2.40. The van der Waals surface area contributed by atoms with Crippen LogP contribution < -0.4 is 5.32 Å². The van der Waals surface area contributed by atoms with Crippen molar-refractivity contribution in [3.8, 4) is 0 Å². The molecule has 2 aliphatic carbocycles. The van der Waals surface area contributed by atoms with E-state index in [1.54, 1.807) is 6.08 Å². The van der Waals surface area contributed by atoms with Crippen LogP contribution in [0.5, 0.6) is 0 Å². The zero-order valence-corrected chi connectivity index (χ0v) is 10.1. The number of nitrogens with one attached hydrogen (secondary N) is 1. The quantitative estimate of drug-likeness (QED) is 0.714. The molecule has 2 unspecified atom stereocenters. The highest BCUT2D eigenvalue weighted by Gasteiger charge is 2.44. The van der Waals surface area contributed by atoms with E-state index in [2.05, 4.69) is 17.4 Å². The number of carbonyl (C=O) groups is 2. The van der Waals surface area contributed by atoms with Gasteiger partial charge in [0.25, 0.3) is 5.91 Å². The zero-order chi connectivity index (χ0) is 13.0. The molecule has 0 aromatic heterocycles. The largest absolute Gasteiger partial charge is 0.292 e. The summed E-state index contributed by atoms with van der Waals surface area (Å²) in [6.45, 7) is 0. The molecule has 1 heterocycles. The van der Waals surface area contributed by atoms with E-state index in [4.69, 9.17) is 0 Å². The van der Waals surface area contributed by atoms with E-state index in [0.29, 0.717) is 5.57 Å². The molecule has 2 amide bonds. The first kappa shape index (κ1) is 10.5. The number of fused-ring (bicyclic) bond motifs is 5. The number of hydrogen-bond donors (Lipinski definition) is 1. The Labute approximate surface area is 110 Å². The van der Waals surface area contributed by atoms with Crippen LogP contribution in [0.15, 0.2) is 48.1 Å². The monoisotopic (exact) mass is 249 g/mol. The third-order valence-electron chi connectivity index (χ3n) is 4.03. The minimum absolute atomic E-state index is 0.0265. The predicted molar refractivity (Wildman–Crippen MR) is 71.7 cm³/mol. The third kappa shape index (κ3) is 1.32. The molecule has 3 nitrogen and oxygen atoms in total. The maximum atomic E-state index is 12.0. The van der Waals surface area contributed by atoms with Crippen LogP contribution in [0.25, 0.3) is 11.6 Å².